The Labute approximate surface area is 217 Å². The summed E-state index contributed by atoms with van der Waals surface area (Å²) in [5.41, 5.74) is 1.81. The van der Waals surface area contributed by atoms with Crippen molar-refractivity contribution >= 4 is 24.8 Å². The van der Waals surface area contributed by atoms with Crippen LogP contribution in [0.2, 0.25) is 0 Å². The van der Waals surface area contributed by atoms with Crippen molar-refractivity contribution in [2.24, 2.45) is 10.3 Å². The van der Waals surface area contributed by atoms with Crippen molar-refractivity contribution in [3.63, 3.8) is 0 Å². The van der Waals surface area contributed by atoms with Crippen LogP contribution in [0.15, 0.2) is 59.4 Å². The van der Waals surface area contributed by atoms with Crippen molar-refractivity contribution in [1.29, 1.82) is 0 Å². The number of oxime groups is 2. The van der Waals surface area contributed by atoms with Gasteiger partial charge in [0.05, 0.1) is 25.5 Å². The Morgan fingerprint density at radius 2 is 0.971 bits per heavy atom. The van der Waals surface area contributed by atoms with Crippen LogP contribution >= 0.6 is 12.4 Å². The molecule has 0 saturated heterocycles. The molecule has 0 unspecified atom stereocenters. The highest BCUT2D eigenvalue weighted by Gasteiger charge is 2.05. The molecule has 0 fully saturated rings. The van der Waals surface area contributed by atoms with Gasteiger partial charge in [-0.3, -0.25) is 9.80 Å². The Kier molecular flexibility index (Phi) is 21.2. The largest absolute Gasteiger partial charge is 1.00 e. The first-order chi connectivity index (χ1) is 15.6. The van der Waals surface area contributed by atoms with Gasteiger partial charge in [0.2, 0.25) is 0 Å². The first-order valence-corrected chi connectivity index (χ1v) is 11.4. The second-order valence-electron chi connectivity index (χ2n) is 7.28. The van der Waals surface area contributed by atoms with Crippen LogP contribution in [0.4, 0.5) is 0 Å². The van der Waals surface area contributed by atoms with E-state index in [9.17, 15) is 0 Å². The third-order valence-electron chi connectivity index (χ3n) is 5.39. The van der Waals surface area contributed by atoms with E-state index in [1.165, 1.54) is 12.4 Å². The van der Waals surface area contributed by atoms with Gasteiger partial charge >= 0.3 is 0 Å². The molecular weight excluding hydrogens is 475 g/mol. The van der Waals surface area contributed by atoms with E-state index in [1.54, 1.807) is 0 Å². The molecule has 10 heteroatoms. The highest BCUT2D eigenvalue weighted by atomic mass is 35.5. The van der Waals surface area contributed by atoms with Crippen molar-refractivity contribution in [2.45, 2.75) is 40.8 Å². The van der Waals surface area contributed by atoms with Crippen LogP contribution in [0.1, 0.15) is 38.8 Å². The number of likely N-dealkylation sites (N-methyl/N-ethyl adjacent to an activating group) is 2. The van der Waals surface area contributed by atoms with Crippen molar-refractivity contribution in [3.8, 4) is 0 Å². The molecule has 2 heterocycles. The second-order valence-corrected chi connectivity index (χ2v) is 7.28. The van der Waals surface area contributed by atoms with Crippen molar-refractivity contribution in [2.75, 3.05) is 39.3 Å². The van der Waals surface area contributed by atoms with Crippen LogP contribution in [0.5, 0.6) is 0 Å². The molecule has 2 N–H and O–H groups in total. The van der Waals surface area contributed by atoms with E-state index in [0.717, 1.165) is 63.5 Å². The van der Waals surface area contributed by atoms with Gasteiger partial charge < -0.3 is 22.8 Å². The molecule has 0 amide bonds. The van der Waals surface area contributed by atoms with Crippen LogP contribution in [-0.2, 0) is 13.1 Å². The van der Waals surface area contributed by atoms with E-state index >= 15 is 0 Å². The number of hydrogen-bond donors (Lipinski definition) is 2. The summed E-state index contributed by atoms with van der Waals surface area (Å²) in [6, 6.07) is 7.73. The molecule has 0 aliphatic carbocycles. The van der Waals surface area contributed by atoms with Gasteiger partial charge in [0.25, 0.3) is 0 Å². The third kappa shape index (κ3) is 14.1. The molecule has 192 valence electrons. The van der Waals surface area contributed by atoms with Gasteiger partial charge in [-0.15, -0.1) is 12.4 Å². The van der Waals surface area contributed by atoms with E-state index < -0.39 is 0 Å². The van der Waals surface area contributed by atoms with Gasteiger partial charge in [-0.05, 0) is 26.2 Å². The number of hydrogen-bond acceptors (Lipinski definition) is 6. The Hall–Kier alpha value is -2.26. The van der Waals surface area contributed by atoms with Gasteiger partial charge in [0, 0.05) is 35.4 Å². The van der Waals surface area contributed by atoms with Gasteiger partial charge in [-0.25, -0.2) is 9.13 Å². The summed E-state index contributed by atoms with van der Waals surface area (Å²) in [5.74, 6) is 0. The van der Waals surface area contributed by atoms with Crippen LogP contribution in [-0.4, -0.2) is 71.9 Å². The predicted octanol–water partition coefficient (Wildman–Crippen LogP) is -0.326. The lowest BCUT2D eigenvalue weighted by atomic mass is 10.3. The lowest BCUT2D eigenvalue weighted by Gasteiger charge is -2.15. The minimum absolute atomic E-state index is 0. The van der Waals surface area contributed by atoms with Crippen molar-refractivity contribution < 1.29 is 32.0 Å². The maximum absolute atomic E-state index is 8.38. The minimum atomic E-state index is 0. The fraction of sp³-hybridized carbons (Fsp3) is 0.500. The average Bonchev–Trinajstić information content (AvgIpc) is 2.83. The lowest BCUT2D eigenvalue weighted by Crippen LogP contribution is -3.00. The lowest BCUT2D eigenvalue weighted by molar-refractivity contribution is -0.696. The van der Waals surface area contributed by atoms with Gasteiger partial charge in [0.15, 0.2) is 37.9 Å². The summed E-state index contributed by atoms with van der Waals surface area (Å²) in [6.45, 7) is 17.2. The molecule has 0 aliphatic rings. The quantitative estimate of drug-likeness (QED) is 0.175. The number of nitrogens with zero attached hydrogens (tertiary/aromatic N) is 6. The fourth-order valence-electron chi connectivity index (χ4n) is 3.13. The minimum Gasteiger partial charge on any atom is -1.00 e. The van der Waals surface area contributed by atoms with E-state index in [1.807, 2.05) is 49.1 Å². The molecular formula is C24H41Cl2N6O2+. The van der Waals surface area contributed by atoms with Crippen LogP contribution in [0.3, 0.4) is 0 Å². The summed E-state index contributed by atoms with van der Waals surface area (Å²) in [4.78, 5) is 4.77. The summed E-state index contributed by atoms with van der Waals surface area (Å²) in [6.07, 6.45) is 10.9. The Morgan fingerprint density at radius 3 is 1.21 bits per heavy atom. The highest BCUT2D eigenvalue weighted by molar-refractivity contribution is 5.85. The Balaban J connectivity index is 0. The zero-order chi connectivity index (χ0) is 23.6. The molecule has 0 bridgehead atoms. The molecule has 2 aromatic rings. The monoisotopic (exact) mass is 515 g/mol. The normalized spacial score (nSPS) is 10.8. The Morgan fingerprint density at radius 1 is 0.676 bits per heavy atom. The van der Waals surface area contributed by atoms with E-state index in [-0.39, 0.29) is 24.8 Å². The first-order valence-electron chi connectivity index (χ1n) is 11.4. The number of aromatic nitrogens is 2. The molecule has 2 aromatic heterocycles. The first kappa shape index (κ1) is 33.9. The number of halogens is 2. The molecule has 0 aliphatic heterocycles. The molecule has 0 spiro atoms. The van der Waals surface area contributed by atoms with Crippen LogP contribution in [0, 0.1) is 0 Å². The summed E-state index contributed by atoms with van der Waals surface area (Å²) >= 11 is 0. The molecule has 2 rings (SSSR count). The summed E-state index contributed by atoms with van der Waals surface area (Å²) < 4.78 is 4.26. The SMILES string of the molecule is CCN(CC)CC[n+]1ccc(/C=N/O)cc1.CCN(CC)CC[n+]1ccc(/C=N/O)cc1.Cl.[Cl-]. The van der Waals surface area contributed by atoms with Crippen molar-refractivity contribution in [3.05, 3.63) is 60.2 Å². The average molecular weight is 517 g/mol. The van der Waals surface area contributed by atoms with Gasteiger partial charge in [-0.1, -0.05) is 38.0 Å². The molecule has 34 heavy (non-hydrogen) atoms. The highest BCUT2D eigenvalue weighted by Crippen LogP contribution is 1.92. The predicted molar refractivity (Wildman–Crippen MR) is 135 cm³/mol. The maximum Gasteiger partial charge on any atom is 0.169 e. The smallest absolute Gasteiger partial charge is 0.169 e. The maximum atomic E-state index is 8.38. The summed E-state index contributed by atoms with van der Waals surface area (Å²) in [7, 11) is 0. The van der Waals surface area contributed by atoms with Crippen LogP contribution < -0.4 is 21.5 Å². The Bertz CT molecular complexity index is 714. The zero-order valence-electron chi connectivity index (χ0n) is 20.8. The topological polar surface area (TPSA) is 79.4 Å². The zero-order valence-corrected chi connectivity index (χ0v) is 22.4. The van der Waals surface area contributed by atoms with E-state index in [2.05, 4.69) is 56.9 Å². The number of rotatable bonds is 12. The molecule has 0 aromatic carbocycles. The molecule has 8 nitrogen and oxygen atoms in total. The van der Waals surface area contributed by atoms with E-state index in [0.29, 0.717) is 0 Å². The molecule has 0 radical (unpaired) electrons. The van der Waals surface area contributed by atoms with Gasteiger partial charge in [-0.2, -0.15) is 0 Å². The molecule has 0 atom stereocenters. The van der Waals surface area contributed by atoms with Crippen molar-refractivity contribution in [1.82, 2.24) is 9.80 Å². The second kappa shape index (κ2) is 21.3. The van der Waals surface area contributed by atoms with Crippen LogP contribution in [0.25, 0.3) is 0 Å². The van der Waals surface area contributed by atoms with E-state index in [4.69, 9.17) is 10.4 Å². The third-order valence-corrected chi connectivity index (χ3v) is 5.39. The standard InChI is InChI=1S/2C12H19N3O.2ClH/c2*1-3-14(4-2)9-10-15-7-5-12(6-8-15)11-13-16;;/h2*5-8,11H,3-4,9-10H2,1-2H3;2*1H/p+1. The fourth-order valence-corrected chi connectivity index (χ4v) is 3.13. The summed E-state index contributed by atoms with van der Waals surface area (Å²) in [5, 5.41) is 22.8. The van der Waals surface area contributed by atoms with Gasteiger partial charge in [0.1, 0.15) is 0 Å². The molecule has 0 saturated carbocycles. The number of pyridine rings is 2.